The highest BCUT2D eigenvalue weighted by atomic mass is 16.4. The Morgan fingerprint density at radius 2 is 2.07 bits per heavy atom. The molecule has 0 heterocycles. The molecule has 1 aromatic carbocycles. The molecule has 0 fully saturated rings. The van der Waals surface area contributed by atoms with Crippen molar-refractivity contribution in [3.8, 4) is 0 Å². The molecule has 0 aromatic heterocycles. The number of nitrogens with zero attached hydrogens (tertiary/aromatic N) is 1. The Bertz CT molecular complexity index is 419. The highest BCUT2D eigenvalue weighted by Crippen LogP contribution is 2.37. The predicted octanol–water partition coefficient (Wildman–Crippen LogP) is 3.24. The van der Waals surface area contributed by atoms with Crippen LogP contribution < -0.4 is 0 Å². The minimum Gasteiger partial charge on any atom is -0.411 e. The van der Waals surface area contributed by atoms with Crippen LogP contribution in [0.3, 0.4) is 0 Å². The lowest BCUT2D eigenvalue weighted by molar-refractivity contribution is 0.315. The topological polar surface area (TPSA) is 32.6 Å². The summed E-state index contributed by atoms with van der Waals surface area (Å²) in [5.41, 5.74) is 4.65. The van der Waals surface area contributed by atoms with Gasteiger partial charge in [-0.15, -0.1) is 0 Å². The number of hydrogen-bond donors (Lipinski definition) is 1. The van der Waals surface area contributed by atoms with E-state index in [1.165, 1.54) is 11.1 Å². The average molecular weight is 203 g/mol. The summed E-state index contributed by atoms with van der Waals surface area (Å²) in [5.74, 6) is 0. The molecule has 2 heteroatoms. The number of benzene rings is 1. The molecule has 0 bridgehead atoms. The number of fused-ring (bicyclic) bond motifs is 1. The van der Waals surface area contributed by atoms with Crippen LogP contribution in [-0.4, -0.2) is 10.9 Å². The molecule has 1 aliphatic carbocycles. The third-order valence-corrected chi connectivity index (χ3v) is 3.32. The molecule has 80 valence electrons. The summed E-state index contributed by atoms with van der Waals surface area (Å²) in [7, 11) is 0. The second-order valence-corrected chi connectivity index (χ2v) is 4.98. The van der Waals surface area contributed by atoms with Gasteiger partial charge in [0.2, 0.25) is 0 Å². The van der Waals surface area contributed by atoms with Crippen LogP contribution in [0, 0.1) is 6.92 Å². The molecule has 1 aliphatic rings. The van der Waals surface area contributed by atoms with Crippen LogP contribution in [0.25, 0.3) is 0 Å². The number of oxime groups is 1. The summed E-state index contributed by atoms with van der Waals surface area (Å²) < 4.78 is 0. The van der Waals surface area contributed by atoms with E-state index in [9.17, 15) is 0 Å². The normalized spacial score (nSPS) is 21.4. The summed E-state index contributed by atoms with van der Waals surface area (Å²) in [5, 5.41) is 12.4. The van der Waals surface area contributed by atoms with Crippen molar-refractivity contribution in [1.82, 2.24) is 0 Å². The number of rotatable bonds is 0. The first-order valence-corrected chi connectivity index (χ1v) is 5.37. The second kappa shape index (κ2) is 3.37. The zero-order valence-electron chi connectivity index (χ0n) is 9.54. The van der Waals surface area contributed by atoms with E-state index >= 15 is 0 Å². The van der Waals surface area contributed by atoms with Gasteiger partial charge >= 0.3 is 0 Å². The van der Waals surface area contributed by atoms with Gasteiger partial charge in [0.05, 0.1) is 5.71 Å². The van der Waals surface area contributed by atoms with E-state index in [2.05, 4.69) is 44.1 Å². The van der Waals surface area contributed by atoms with Crippen molar-refractivity contribution in [3.05, 3.63) is 34.9 Å². The molecular formula is C13H17NO. The van der Waals surface area contributed by atoms with Gasteiger partial charge in [-0.2, -0.15) is 0 Å². The summed E-state index contributed by atoms with van der Waals surface area (Å²) in [6.07, 6.45) is 1.91. The zero-order valence-corrected chi connectivity index (χ0v) is 9.54. The predicted molar refractivity (Wildman–Crippen MR) is 61.8 cm³/mol. The standard InChI is InChI=1S/C13H17NO/c1-9-4-5-11-10(8-9)12(14-15)6-7-13(11,2)3/h4-5,8,15H,6-7H2,1-3H3/b14-12-. The van der Waals surface area contributed by atoms with Crippen LogP contribution >= 0.6 is 0 Å². The fourth-order valence-corrected chi connectivity index (χ4v) is 2.29. The Hall–Kier alpha value is -1.31. The number of aryl methyl sites for hydroxylation is 1. The third-order valence-electron chi connectivity index (χ3n) is 3.32. The van der Waals surface area contributed by atoms with Crippen LogP contribution in [0.15, 0.2) is 23.4 Å². The van der Waals surface area contributed by atoms with Crippen molar-refractivity contribution in [2.45, 2.75) is 39.0 Å². The van der Waals surface area contributed by atoms with Gasteiger partial charge in [0.25, 0.3) is 0 Å². The maximum absolute atomic E-state index is 8.99. The maximum atomic E-state index is 8.99. The molecule has 0 radical (unpaired) electrons. The molecule has 0 atom stereocenters. The minimum atomic E-state index is 0.192. The van der Waals surface area contributed by atoms with Crippen molar-refractivity contribution < 1.29 is 5.21 Å². The molecule has 15 heavy (non-hydrogen) atoms. The minimum absolute atomic E-state index is 0.192. The van der Waals surface area contributed by atoms with Crippen LogP contribution in [0.4, 0.5) is 0 Å². The summed E-state index contributed by atoms with van der Waals surface area (Å²) in [6, 6.07) is 6.40. The molecule has 0 aliphatic heterocycles. The zero-order chi connectivity index (χ0) is 11.1. The Kier molecular flexibility index (Phi) is 2.29. The molecule has 0 saturated heterocycles. The fraction of sp³-hybridized carbons (Fsp3) is 0.462. The van der Waals surface area contributed by atoms with Crippen LogP contribution in [0.2, 0.25) is 0 Å². The van der Waals surface area contributed by atoms with Crippen molar-refractivity contribution >= 4 is 5.71 Å². The van der Waals surface area contributed by atoms with Gasteiger partial charge in [0.15, 0.2) is 0 Å². The van der Waals surface area contributed by atoms with E-state index in [1.54, 1.807) is 0 Å². The number of hydrogen-bond acceptors (Lipinski definition) is 2. The van der Waals surface area contributed by atoms with Gasteiger partial charge in [-0.3, -0.25) is 0 Å². The largest absolute Gasteiger partial charge is 0.411 e. The Morgan fingerprint density at radius 3 is 2.73 bits per heavy atom. The molecule has 1 aromatic rings. The van der Waals surface area contributed by atoms with E-state index in [-0.39, 0.29) is 5.41 Å². The Labute approximate surface area is 90.6 Å². The maximum Gasteiger partial charge on any atom is 0.0871 e. The monoisotopic (exact) mass is 203 g/mol. The Morgan fingerprint density at radius 1 is 1.33 bits per heavy atom. The van der Waals surface area contributed by atoms with Gasteiger partial charge in [-0.1, -0.05) is 36.7 Å². The van der Waals surface area contributed by atoms with Crippen LogP contribution in [0.5, 0.6) is 0 Å². The van der Waals surface area contributed by atoms with E-state index in [1.807, 2.05) is 0 Å². The van der Waals surface area contributed by atoms with Gasteiger partial charge in [-0.05, 0) is 36.8 Å². The van der Waals surface area contributed by atoms with Crippen molar-refractivity contribution in [2.24, 2.45) is 5.16 Å². The van der Waals surface area contributed by atoms with Gasteiger partial charge in [0.1, 0.15) is 0 Å². The van der Waals surface area contributed by atoms with Gasteiger partial charge in [-0.25, -0.2) is 0 Å². The molecule has 0 amide bonds. The summed E-state index contributed by atoms with van der Waals surface area (Å²) in [6.45, 7) is 6.56. The second-order valence-electron chi connectivity index (χ2n) is 4.98. The van der Waals surface area contributed by atoms with Crippen LogP contribution in [0.1, 0.15) is 43.4 Å². The van der Waals surface area contributed by atoms with Crippen molar-refractivity contribution in [1.29, 1.82) is 0 Å². The smallest absolute Gasteiger partial charge is 0.0871 e. The molecule has 2 rings (SSSR count). The van der Waals surface area contributed by atoms with Crippen molar-refractivity contribution in [3.63, 3.8) is 0 Å². The Balaban J connectivity index is 2.64. The first-order valence-electron chi connectivity index (χ1n) is 5.37. The first kappa shape index (κ1) is 10.2. The third kappa shape index (κ3) is 1.65. The molecule has 0 saturated carbocycles. The summed E-state index contributed by atoms with van der Waals surface area (Å²) in [4.78, 5) is 0. The summed E-state index contributed by atoms with van der Waals surface area (Å²) >= 11 is 0. The highest BCUT2D eigenvalue weighted by molar-refractivity contribution is 6.03. The quantitative estimate of drug-likeness (QED) is 0.509. The SMILES string of the molecule is Cc1ccc2c(c1)/C(=N\O)CCC2(C)C. The van der Waals surface area contributed by atoms with E-state index in [0.717, 1.165) is 24.1 Å². The lowest BCUT2D eigenvalue weighted by Crippen LogP contribution is -2.27. The highest BCUT2D eigenvalue weighted by Gasteiger charge is 2.30. The molecule has 1 N–H and O–H groups in total. The fourth-order valence-electron chi connectivity index (χ4n) is 2.29. The first-order chi connectivity index (χ1) is 7.04. The van der Waals surface area contributed by atoms with E-state index in [4.69, 9.17) is 5.21 Å². The van der Waals surface area contributed by atoms with Crippen LogP contribution in [-0.2, 0) is 5.41 Å². The van der Waals surface area contributed by atoms with E-state index < -0.39 is 0 Å². The molecule has 0 unspecified atom stereocenters. The van der Waals surface area contributed by atoms with Gasteiger partial charge < -0.3 is 5.21 Å². The van der Waals surface area contributed by atoms with E-state index in [0.29, 0.717) is 0 Å². The lowest BCUT2D eigenvalue weighted by atomic mass is 9.72. The van der Waals surface area contributed by atoms with Gasteiger partial charge in [0, 0.05) is 5.56 Å². The van der Waals surface area contributed by atoms with Crippen molar-refractivity contribution in [2.75, 3.05) is 0 Å². The average Bonchev–Trinajstić information content (AvgIpc) is 2.17. The lowest BCUT2D eigenvalue weighted by Gasteiger charge is -2.32. The molecular weight excluding hydrogens is 186 g/mol. The molecule has 2 nitrogen and oxygen atoms in total. The molecule has 0 spiro atoms.